The van der Waals surface area contributed by atoms with Gasteiger partial charge in [0.15, 0.2) is 6.23 Å². The van der Waals surface area contributed by atoms with E-state index in [0.717, 1.165) is 12.5 Å². The van der Waals surface area contributed by atoms with Gasteiger partial charge in [-0.05, 0) is 17.5 Å². The van der Waals surface area contributed by atoms with Crippen LogP contribution in [0.2, 0.25) is 0 Å². The molecule has 3 aliphatic heterocycles. The summed E-state index contributed by atoms with van der Waals surface area (Å²) in [5.41, 5.74) is -1.34. The molecule has 3 aliphatic rings. The Bertz CT molecular complexity index is 973. The third kappa shape index (κ3) is 3.33. The van der Waals surface area contributed by atoms with Crippen molar-refractivity contribution in [2.75, 3.05) is 27.4 Å². The third-order valence-corrected chi connectivity index (χ3v) is 6.23. The van der Waals surface area contributed by atoms with Crippen LogP contribution in [0.1, 0.15) is 12.6 Å². The van der Waals surface area contributed by atoms with Gasteiger partial charge < -0.3 is 19.1 Å². The molecule has 9 nitrogen and oxygen atoms in total. The molecule has 0 spiro atoms. The van der Waals surface area contributed by atoms with Crippen molar-refractivity contribution in [2.45, 2.75) is 30.5 Å². The van der Waals surface area contributed by atoms with E-state index in [9.17, 15) is 14.3 Å². The molecule has 2 bridgehead atoms. The van der Waals surface area contributed by atoms with Crippen LogP contribution in [0.3, 0.4) is 0 Å². The normalized spacial score (nSPS) is 31.8. The first-order valence-electron chi connectivity index (χ1n) is 8.84. The number of nitrogens with zero attached hydrogens (tertiary/aromatic N) is 1. The molecular weight excluding hydrogens is 389 g/mol. The molecule has 10 heteroatoms. The fourth-order valence-electron chi connectivity index (χ4n) is 3.86. The van der Waals surface area contributed by atoms with Gasteiger partial charge in [-0.15, -0.1) is 0 Å². The number of methoxy groups -OCH3 is 1. The molecule has 0 radical (unpaired) electrons. The van der Waals surface area contributed by atoms with Gasteiger partial charge in [0.2, 0.25) is 0 Å². The van der Waals surface area contributed by atoms with Crippen molar-refractivity contribution < 1.29 is 32.7 Å². The van der Waals surface area contributed by atoms with Gasteiger partial charge in [0.1, 0.15) is 17.8 Å². The fraction of sp³-hybridized carbons (Fsp3) is 0.500. The summed E-state index contributed by atoms with van der Waals surface area (Å²) in [7, 11) is -1.65. The van der Waals surface area contributed by atoms with Crippen molar-refractivity contribution in [3.8, 4) is 0 Å². The average Bonchev–Trinajstić information content (AvgIpc) is 2.69. The summed E-state index contributed by atoms with van der Waals surface area (Å²) in [6, 6.07) is 9.14. The first-order chi connectivity index (χ1) is 13.4. The molecule has 5 atom stereocenters. The minimum absolute atomic E-state index is 0.0624. The van der Waals surface area contributed by atoms with Crippen LogP contribution in [-0.4, -0.2) is 54.7 Å². The Balaban J connectivity index is 1.70. The molecule has 0 amide bonds. The first kappa shape index (κ1) is 19.7. The summed E-state index contributed by atoms with van der Waals surface area (Å²) in [4.78, 5) is 22.7. The summed E-state index contributed by atoms with van der Waals surface area (Å²) in [6.07, 6.45) is -0.0985. The standard InChI is InChI=1S/C18H22NO8P/c1-23-10-18-11-25-14(9-15(18)27-28(21,22)24-2)17(26-18)19-8-7-12-5-3-4-6-13(12)16(19)20/h3-8,14-15,17H,9-11H2,1-2H3,(H,21,22)/t14?,15?,17-,18+/m1/s1. The van der Waals surface area contributed by atoms with E-state index in [4.69, 9.17) is 18.7 Å². The van der Waals surface area contributed by atoms with Gasteiger partial charge in [0.05, 0.1) is 13.2 Å². The van der Waals surface area contributed by atoms with Crippen molar-refractivity contribution in [1.29, 1.82) is 0 Å². The molecule has 1 aromatic heterocycles. The molecule has 2 aromatic rings. The van der Waals surface area contributed by atoms with E-state index >= 15 is 0 Å². The molecule has 0 aliphatic carbocycles. The predicted octanol–water partition coefficient (Wildman–Crippen LogP) is 1.84. The third-order valence-electron chi connectivity index (χ3n) is 5.24. The van der Waals surface area contributed by atoms with Gasteiger partial charge in [-0.25, -0.2) is 4.57 Å². The van der Waals surface area contributed by atoms with E-state index in [1.54, 1.807) is 18.3 Å². The average molecular weight is 411 g/mol. The van der Waals surface area contributed by atoms with Gasteiger partial charge >= 0.3 is 7.82 Å². The van der Waals surface area contributed by atoms with E-state index in [1.165, 1.54) is 11.7 Å². The van der Waals surface area contributed by atoms with Crippen molar-refractivity contribution in [1.82, 2.24) is 4.57 Å². The highest BCUT2D eigenvalue weighted by molar-refractivity contribution is 7.47. The van der Waals surface area contributed by atoms with Crippen LogP contribution < -0.4 is 5.56 Å². The molecule has 3 unspecified atom stereocenters. The van der Waals surface area contributed by atoms with Gasteiger partial charge in [-0.2, -0.15) is 0 Å². The van der Waals surface area contributed by atoms with Crippen LogP contribution in [-0.2, 0) is 27.8 Å². The first-order valence-corrected chi connectivity index (χ1v) is 10.3. The van der Waals surface area contributed by atoms with Crippen molar-refractivity contribution in [3.05, 3.63) is 46.9 Å². The lowest BCUT2D eigenvalue weighted by Crippen LogP contribution is -2.66. The van der Waals surface area contributed by atoms with Gasteiger partial charge in [0.25, 0.3) is 5.56 Å². The number of ether oxygens (including phenoxy) is 3. The molecule has 3 fully saturated rings. The molecule has 4 heterocycles. The topological polar surface area (TPSA) is 105 Å². The van der Waals surface area contributed by atoms with E-state index in [1.807, 2.05) is 18.2 Å². The molecule has 0 saturated carbocycles. The van der Waals surface area contributed by atoms with Gasteiger partial charge in [0, 0.05) is 32.2 Å². The van der Waals surface area contributed by atoms with Crippen LogP contribution in [0, 0.1) is 0 Å². The van der Waals surface area contributed by atoms with Crippen molar-refractivity contribution >= 4 is 18.6 Å². The second kappa shape index (κ2) is 7.35. The van der Waals surface area contributed by atoms with Gasteiger partial charge in [-0.1, -0.05) is 18.2 Å². The number of hydrogen-bond donors (Lipinski definition) is 1. The van der Waals surface area contributed by atoms with Gasteiger partial charge in [-0.3, -0.25) is 18.4 Å². The minimum Gasteiger partial charge on any atom is -0.381 e. The van der Waals surface area contributed by atoms with Crippen LogP contribution in [0.25, 0.3) is 10.8 Å². The predicted molar refractivity (Wildman–Crippen MR) is 99.0 cm³/mol. The maximum absolute atomic E-state index is 13.0. The zero-order valence-electron chi connectivity index (χ0n) is 15.5. The zero-order valence-corrected chi connectivity index (χ0v) is 16.4. The highest BCUT2D eigenvalue weighted by Gasteiger charge is 2.57. The number of benzene rings is 1. The Morgan fingerprint density at radius 1 is 1.32 bits per heavy atom. The summed E-state index contributed by atoms with van der Waals surface area (Å²) in [5.74, 6) is 0. The fourth-order valence-corrected chi connectivity index (χ4v) is 4.54. The SMILES string of the molecule is COC[C@]12COC(CC1OP(=O)(O)OC)[C@H](n1ccc3ccccc3c1=O)O2. The van der Waals surface area contributed by atoms with Crippen LogP contribution in [0.4, 0.5) is 0 Å². The summed E-state index contributed by atoms with van der Waals surface area (Å²) in [5, 5.41) is 1.41. The second-order valence-corrected chi connectivity index (χ2v) is 8.47. The maximum atomic E-state index is 13.0. The Kier molecular flexibility index (Phi) is 5.18. The minimum atomic E-state index is -4.23. The number of rotatable bonds is 6. The Labute approximate surface area is 161 Å². The van der Waals surface area contributed by atoms with Crippen LogP contribution in [0.5, 0.6) is 0 Å². The van der Waals surface area contributed by atoms with E-state index in [-0.39, 0.29) is 25.2 Å². The summed E-state index contributed by atoms with van der Waals surface area (Å²) < 4.78 is 40.7. The molecular formula is C18H22NO8P. The van der Waals surface area contributed by atoms with Crippen LogP contribution >= 0.6 is 7.82 Å². The number of phosphoric ester groups is 1. The Morgan fingerprint density at radius 3 is 2.86 bits per heavy atom. The zero-order chi connectivity index (χ0) is 19.9. The lowest BCUT2D eigenvalue weighted by Gasteiger charge is -2.53. The van der Waals surface area contributed by atoms with E-state index in [2.05, 4.69) is 4.52 Å². The number of hydrogen-bond acceptors (Lipinski definition) is 7. The number of phosphoric acid groups is 1. The highest BCUT2D eigenvalue weighted by atomic mass is 31.2. The highest BCUT2D eigenvalue weighted by Crippen LogP contribution is 2.51. The largest absolute Gasteiger partial charge is 0.472 e. The molecule has 1 N–H and O–H groups in total. The summed E-state index contributed by atoms with van der Waals surface area (Å²) >= 11 is 0. The lowest BCUT2D eigenvalue weighted by atomic mass is 9.86. The number of aromatic nitrogens is 1. The maximum Gasteiger partial charge on any atom is 0.472 e. The van der Waals surface area contributed by atoms with Crippen LogP contribution in [0.15, 0.2) is 41.3 Å². The second-order valence-electron chi connectivity index (χ2n) is 6.95. The lowest BCUT2D eigenvalue weighted by molar-refractivity contribution is -0.334. The van der Waals surface area contributed by atoms with E-state index < -0.39 is 31.9 Å². The van der Waals surface area contributed by atoms with E-state index in [0.29, 0.717) is 5.39 Å². The monoisotopic (exact) mass is 411 g/mol. The Hall–Kier alpha value is -1.58. The number of fused-ring (bicyclic) bond motifs is 4. The molecule has 28 heavy (non-hydrogen) atoms. The molecule has 152 valence electrons. The number of pyridine rings is 1. The van der Waals surface area contributed by atoms with Crippen molar-refractivity contribution in [3.63, 3.8) is 0 Å². The molecule has 5 rings (SSSR count). The summed E-state index contributed by atoms with van der Waals surface area (Å²) in [6.45, 7) is 0.172. The molecule has 3 saturated heterocycles. The Morgan fingerprint density at radius 2 is 2.11 bits per heavy atom. The smallest absolute Gasteiger partial charge is 0.381 e. The van der Waals surface area contributed by atoms with Crippen molar-refractivity contribution in [2.24, 2.45) is 0 Å². The quantitative estimate of drug-likeness (QED) is 0.718. The molecule has 1 aromatic carbocycles.